The molecule has 0 aliphatic carbocycles. The molecule has 0 amide bonds. The van der Waals surface area contributed by atoms with Gasteiger partial charge in [0.05, 0.1) is 5.69 Å². The first kappa shape index (κ1) is 12.2. The molecule has 2 heterocycles. The number of nitrogen functional groups attached to an aromatic ring is 1. The summed E-state index contributed by atoms with van der Waals surface area (Å²) < 4.78 is 2.88. The molecule has 4 nitrogen and oxygen atoms in total. The zero-order valence-electron chi connectivity index (χ0n) is 10.3. The highest BCUT2D eigenvalue weighted by Gasteiger charge is 2.09. The van der Waals surface area contributed by atoms with Gasteiger partial charge in [-0.15, -0.1) is 10.2 Å². The molecule has 0 saturated heterocycles. The van der Waals surface area contributed by atoms with Gasteiger partial charge in [-0.05, 0) is 34.0 Å². The van der Waals surface area contributed by atoms with Crippen LogP contribution in [-0.4, -0.2) is 14.6 Å². The van der Waals surface area contributed by atoms with Crippen LogP contribution >= 0.6 is 15.9 Å². The van der Waals surface area contributed by atoms with E-state index in [-0.39, 0.29) is 0 Å². The second kappa shape index (κ2) is 5.01. The second-order valence-electron chi connectivity index (χ2n) is 4.41. The summed E-state index contributed by atoms with van der Waals surface area (Å²) in [7, 11) is 0. The fourth-order valence-corrected chi connectivity index (χ4v) is 2.55. The molecule has 3 rings (SSSR count). The Morgan fingerprint density at radius 1 is 1.11 bits per heavy atom. The normalized spacial score (nSPS) is 11.0. The number of aryl methyl sites for hydroxylation is 2. The lowest BCUT2D eigenvalue weighted by atomic mass is 10.1. The van der Waals surface area contributed by atoms with Crippen molar-refractivity contribution in [2.45, 2.75) is 12.8 Å². The lowest BCUT2D eigenvalue weighted by Gasteiger charge is -2.03. The third-order valence-corrected chi connectivity index (χ3v) is 3.48. The predicted octanol–water partition coefficient (Wildman–Crippen LogP) is 2.86. The summed E-state index contributed by atoms with van der Waals surface area (Å²) >= 11 is 3.44. The maximum atomic E-state index is 5.92. The third-order valence-electron chi connectivity index (χ3n) is 3.05. The quantitative estimate of drug-likeness (QED) is 0.808. The number of hydrogen-bond acceptors (Lipinski definition) is 3. The monoisotopic (exact) mass is 316 g/mol. The van der Waals surface area contributed by atoms with Crippen molar-refractivity contribution >= 4 is 27.3 Å². The van der Waals surface area contributed by atoms with Gasteiger partial charge in [-0.2, -0.15) is 0 Å². The van der Waals surface area contributed by atoms with Gasteiger partial charge in [0, 0.05) is 17.1 Å². The minimum absolute atomic E-state index is 0.632. The maximum Gasteiger partial charge on any atom is 0.184 e. The summed E-state index contributed by atoms with van der Waals surface area (Å²) in [5, 5.41) is 8.36. The van der Waals surface area contributed by atoms with E-state index in [1.165, 1.54) is 5.56 Å². The summed E-state index contributed by atoms with van der Waals surface area (Å²) in [4.78, 5) is 0. The van der Waals surface area contributed by atoms with Gasteiger partial charge in [0.25, 0.3) is 0 Å². The molecule has 0 bridgehead atoms. The van der Waals surface area contributed by atoms with Crippen LogP contribution in [-0.2, 0) is 12.8 Å². The van der Waals surface area contributed by atoms with Crippen molar-refractivity contribution in [3.05, 3.63) is 58.5 Å². The molecule has 1 aromatic carbocycles. The largest absolute Gasteiger partial charge is 0.396 e. The Kier molecular flexibility index (Phi) is 3.21. The van der Waals surface area contributed by atoms with E-state index < -0.39 is 0 Å². The van der Waals surface area contributed by atoms with E-state index in [2.05, 4.69) is 38.3 Å². The van der Waals surface area contributed by atoms with E-state index in [0.29, 0.717) is 11.3 Å². The Hall–Kier alpha value is -1.88. The molecule has 3 aromatic rings. The molecule has 0 radical (unpaired) electrons. The fraction of sp³-hybridized carbons (Fsp3) is 0.143. The zero-order valence-corrected chi connectivity index (χ0v) is 11.8. The number of nitrogens with two attached hydrogens (primary N) is 1. The molecule has 96 valence electrons. The summed E-state index contributed by atoms with van der Waals surface area (Å²) in [6.45, 7) is 0. The number of hydrogen-bond donors (Lipinski definition) is 1. The van der Waals surface area contributed by atoms with E-state index >= 15 is 0 Å². The van der Waals surface area contributed by atoms with Gasteiger partial charge in [0.2, 0.25) is 0 Å². The lowest BCUT2D eigenvalue weighted by molar-refractivity contribution is 0.838. The number of aromatic nitrogens is 3. The molecule has 0 spiro atoms. The van der Waals surface area contributed by atoms with Crippen molar-refractivity contribution in [2.24, 2.45) is 0 Å². The molecule has 0 aliphatic heterocycles. The SMILES string of the molecule is Nc1cc(Br)cn2c(CCc3ccccc3)nnc12. The minimum Gasteiger partial charge on any atom is -0.396 e. The first-order valence-corrected chi connectivity index (χ1v) is 6.86. The molecule has 0 saturated carbocycles. The molecule has 2 aromatic heterocycles. The second-order valence-corrected chi connectivity index (χ2v) is 5.32. The molecular formula is C14H13BrN4. The molecule has 0 aliphatic rings. The standard InChI is InChI=1S/C14H13BrN4/c15-11-8-12(16)14-18-17-13(19(14)9-11)7-6-10-4-2-1-3-5-10/h1-5,8-9H,6-7,16H2. The Balaban J connectivity index is 1.89. The molecule has 0 atom stereocenters. The highest BCUT2D eigenvalue weighted by Crippen LogP contribution is 2.19. The van der Waals surface area contributed by atoms with Gasteiger partial charge >= 0.3 is 0 Å². The Bertz CT molecular complexity index is 706. The predicted molar refractivity (Wildman–Crippen MR) is 78.9 cm³/mol. The molecule has 0 unspecified atom stereocenters. The van der Waals surface area contributed by atoms with Gasteiger partial charge in [-0.25, -0.2) is 0 Å². The number of nitrogens with zero attached hydrogens (tertiary/aromatic N) is 3. The summed E-state index contributed by atoms with van der Waals surface area (Å²) in [5.74, 6) is 0.923. The van der Waals surface area contributed by atoms with Crippen molar-refractivity contribution in [3.63, 3.8) is 0 Å². The highest BCUT2D eigenvalue weighted by atomic mass is 79.9. The fourth-order valence-electron chi connectivity index (χ4n) is 2.10. The van der Waals surface area contributed by atoms with Crippen LogP contribution in [0.3, 0.4) is 0 Å². The van der Waals surface area contributed by atoms with Crippen molar-refractivity contribution in [1.82, 2.24) is 14.6 Å². The van der Waals surface area contributed by atoms with E-state index in [4.69, 9.17) is 5.73 Å². The van der Waals surface area contributed by atoms with Crippen LogP contribution in [0.4, 0.5) is 5.69 Å². The van der Waals surface area contributed by atoms with Crippen LogP contribution in [0.15, 0.2) is 47.1 Å². The average Bonchev–Trinajstić information content (AvgIpc) is 2.81. The minimum atomic E-state index is 0.632. The number of fused-ring (bicyclic) bond motifs is 1. The van der Waals surface area contributed by atoms with Crippen LogP contribution in [0.25, 0.3) is 5.65 Å². The van der Waals surface area contributed by atoms with Gasteiger partial charge in [0.1, 0.15) is 5.82 Å². The number of rotatable bonds is 3. The van der Waals surface area contributed by atoms with E-state index in [9.17, 15) is 0 Å². The van der Waals surface area contributed by atoms with Crippen molar-refractivity contribution in [1.29, 1.82) is 0 Å². The zero-order chi connectivity index (χ0) is 13.2. The van der Waals surface area contributed by atoms with Gasteiger partial charge in [-0.1, -0.05) is 30.3 Å². The first-order valence-electron chi connectivity index (χ1n) is 6.06. The maximum absolute atomic E-state index is 5.92. The van der Waals surface area contributed by atoms with E-state index in [0.717, 1.165) is 23.1 Å². The van der Waals surface area contributed by atoms with Crippen molar-refractivity contribution in [2.75, 3.05) is 5.73 Å². The summed E-state index contributed by atoms with van der Waals surface area (Å²) in [5.41, 5.74) is 8.56. The summed E-state index contributed by atoms with van der Waals surface area (Å²) in [6.07, 6.45) is 3.72. The lowest BCUT2D eigenvalue weighted by Crippen LogP contribution is -1.99. The number of anilines is 1. The van der Waals surface area contributed by atoms with Gasteiger partial charge in [0.15, 0.2) is 5.65 Å². The molecule has 5 heteroatoms. The number of halogens is 1. The van der Waals surface area contributed by atoms with Crippen molar-refractivity contribution in [3.8, 4) is 0 Å². The first-order chi connectivity index (χ1) is 9.24. The highest BCUT2D eigenvalue weighted by molar-refractivity contribution is 9.10. The molecule has 19 heavy (non-hydrogen) atoms. The smallest absolute Gasteiger partial charge is 0.184 e. The molecular weight excluding hydrogens is 304 g/mol. The number of benzene rings is 1. The number of pyridine rings is 1. The van der Waals surface area contributed by atoms with Crippen LogP contribution in [0, 0.1) is 0 Å². The Labute approximate surface area is 119 Å². The summed E-state index contributed by atoms with van der Waals surface area (Å²) in [6, 6.07) is 12.2. The van der Waals surface area contributed by atoms with Gasteiger partial charge in [-0.3, -0.25) is 4.40 Å². The van der Waals surface area contributed by atoms with Crippen LogP contribution in [0.5, 0.6) is 0 Å². The Morgan fingerprint density at radius 2 is 1.89 bits per heavy atom. The third kappa shape index (κ3) is 2.46. The molecule has 2 N–H and O–H groups in total. The average molecular weight is 317 g/mol. The van der Waals surface area contributed by atoms with E-state index in [1.807, 2.05) is 34.9 Å². The van der Waals surface area contributed by atoms with Crippen LogP contribution in [0.2, 0.25) is 0 Å². The van der Waals surface area contributed by atoms with Gasteiger partial charge < -0.3 is 5.73 Å². The Morgan fingerprint density at radius 3 is 2.68 bits per heavy atom. The van der Waals surface area contributed by atoms with E-state index in [1.54, 1.807) is 0 Å². The topological polar surface area (TPSA) is 56.2 Å². The van der Waals surface area contributed by atoms with Crippen LogP contribution < -0.4 is 5.73 Å². The van der Waals surface area contributed by atoms with Crippen molar-refractivity contribution < 1.29 is 0 Å². The van der Waals surface area contributed by atoms with Crippen LogP contribution in [0.1, 0.15) is 11.4 Å². The molecule has 0 fully saturated rings.